The maximum Gasteiger partial charge on any atom is 0.323 e. The number of carboxylic acids is 1. The fourth-order valence-electron chi connectivity index (χ4n) is 1.47. The lowest BCUT2D eigenvalue weighted by molar-refractivity contribution is -0.144. The molecule has 1 amide bonds. The Balaban J connectivity index is 2.47. The van der Waals surface area contributed by atoms with Gasteiger partial charge in [0.15, 0.2) is 0 Å². The van der Waals surface area contributed by atoms with Gasteiger partial charge in [-0.1, -0.05) is 29.7 Å². The van der Waals surface area contributed by atoms with Gasteiger partial charge >= 0.3 is 5.97 Å². The van der Waals surface area contributed by atoms with E-state index in [0.717, 1.165) is 4.90 Å². The fourth-order valence-corrected chi connectivity index (χ4v) is 1.66. The zero-order valence-corrected chi connectivity index (χ0v) is 11.5. The fraction of sp³-hybridized carbons (Fsp3) is 0.286. The van der Waals surface area contributed by atoms with Crippen LogP contribution in [0.3, 0.4) is 0 Å². The van der Waals surface area contributed by atoms with Gasteiger partial charge in [0.25, 0.3) is 0 Å². The molecule has 106 valence electrons. The topological polar surface area (TPSA) is 66.8 Å². The van der Waals surface area contributed by atoms with Gasteiger partial charge in [-0.25, -0.2) is 0 Å². The number of ether oxygens (including phenoxy) is 1. The number of nitrogens with zero attached hydrogens (tertiary/aromatic N) is 1. The molecule has 1 aromatic carbocycles. The number of carboxylic acid groups (broad SMARTS) is 1. The number of hydrogen-bond acceptors (Lipinski definition) is 3. The molecule has 0 saturated carbocycles. The van der Waals surface area contributed by atoms with Crippen LogP contribution < -0.4 is 4.74 Å². The quantitative estimate of drug-likeness (QED) is 0.777. The van der Waals surface area contributed by atoms with Gasteiger partial charge in [-0.05, 0) is 12.1 Å². The summed E-state index contributed by atoms with van der Waals surface area (Å²) in [6.45, 7) is -0.365. The van der Waals surface area contributed by atoms with E-state index in [0.29, 0.717) is 10.8 Å². The highest BCUT2D eigenvalue weighted by Crippen LogP contribution is 2.23. The lowest BCUT2D eigenvalue weighted by Gasteiger charge is -2.18. The predicted molar refractivity (Wildman–Crippen MR) is 74.6 cm³/mol. The average Bonchev–Trinajstić information content (AvgIpc) is 2.40. The Morgan fingerprint density at radius 1 is 1.40 bits per heavy atom. The zero-order chi connectivity index (χ0) is 15.0. The average molecular weight is 296 g/mol. The summed E-state index contributed by atoms with van der Waals surface area (Å²) in [5, 5.41) is 9.14. The Bertz CT molecular complexity index is 524. The number of benzene rings is 1. The minimum absolute atomic E-state index is 0.0280. The van der Waals surface area contributed by atoms with E-state index in [9.17, 15) is 9.59 Å². The Kier molecular flexibility index (Phi) is 6.41. The van der Waals surface area contributed by atoms with Crippen LogP contribution in [0.4, 0.5) is 0 Å². The van der Waals surface area contributed by atoms with Crippen molar-refractivity contribution in [3.05, 3.63) is 29.3 Å². The summed E-state index contributed by atoms with van der Waals surface area (Å²) < 4.78 is 5.36. The Labute approximate surface area is 122 Å². The normalized spacial score (nSPS) is 9.60. The van der Waals surface area contributed by atoms with Crippen molar-refractivity contribution in [2.24, 2.45) is 0 Å². The smallest absolute Gasteiger partial charge is 0.323 e. The molecule has 1 aromatic rings. The molecule has 0 spiro atoms. The number of halogens is 1. The highest BCUT2D eigenvalue weighted by atomic mass is 35.5. The minimum Gasteiger partial charge on any atom is -0.491 e. The minimum atomic E-state index is -1.11. The zero-order valence-electron chi connectivity index (χ0n) is 10.7. The van der Waals surface area contributed by atoms with E-state index in [1.54, 1.807) is 24.3 Å². The van der Waals surface area contributed by atoms with Crippen LogP contribution in [-0.2, 0) is 9.59 Å². The summed E-state index contributed by atoms with van der Waals surface area (Å²) in [6.07, 6.45) is 5.12. The van der Waals surface area contributed by atoms with Crippen LogP contribution >= 0.6 is 11.6 Å². The van der Waals surface area contributed by atoms with E-state index in [1.807, 2.05) is 0 Å². The van der Waals surface area contributed by atoms with Gasteiger partial charge in [0, 0.05) is 0 Å². The lowest BCUT2D eigenvalue weighted by Crippen LogP contribution is -2.36. The van der Waals surface area contributed by atoms with Crippen molar-refractivity contribution in [2.75, 3.05) is 19.7 Å². The first kappa shape index (κ1) is 15.9. The maximum atomic E-state index is 11.8. The first-order chi connectivity index (χ1) is 9.54. The molecule has 0 aliphatic heterocycles. The Hall–Kier alpha value is -2.19. The third-order valence-electron chi connectivity index (χ3n) is 2.37. The van der Waals surface area contributed by atoms with Crippen LogP contribution in [0.15, 0.2) is 24.3 Å². The van der Waals surface area contributed by atoms with Crippen LogP contribution in [0.5, 0.6) is 5.75 Å². The lowest BCUT2D eigenvalue weighted by atomic mass is 10.3. The number of para-hydroxylation sites is 1. The molecule has 0 unspecified atom stereocenters. The highest BCUT2D eigenvalue weighted by molar-refractivity contribution is 6.32. The van der Waals surface area contributed by atoms with Gasteiger partial charge in [-0.2, -0.15) is 0 Å². The maximum absolute atomic E-state index is 11.8. The molecular formula is C14H14ClNO4. The number of aliphatic carboxylic acids is 1. The first-order valence-corrected chi connectivity index (χ1v) is 6.22. The van der Waals surface area contributed by atoms with Crippen LogP contribution in [0.2, 0.25) is 5.02 Å². The summed E-state index contributed by atoms with van der Waals surface area (Å²) in [7, 11) is 0. The van der Waals surface area contributed by atoms with Gasteiger partial charge < -0.3 is 14.7 Å². The van der Waals surface area contributed by atoms with Gasteiger partial charge in [0.05, 0.1) is 24.6 Å². The molecular weight excluding hydrogens is 282 g/mol. The molecule has 6 heteroatoms. The SMILES string of the molecule is C#CCN(CC(=O)O)C(=O)CCOc1ccccc1Cl. The Morgan fingerprint density at radius 3 is 2.70 bits per heavy atom. The molecule has 0 radical (unpaired) electrons. The van der Waals surface area contributed by atoms with Crippen molar-refractivity contribution in [3.63, 3.8) is 0 Å². The largest absolute Gasteiger partial charge is 0.491 e. The van der Waals surface area contributed by atoms with Crippen molar-refractivity contribution < 1.29 is 19.4 Å². The summed E-state index contributed by atoms with van der Waals surface area (Å²) in [4.78, 5) is 23.5. The molecule has 0 heterocycles. The summed E-state index contributed by atoms with van der Waals surface area (Å²) >= 11 is 5.90. The molecule has 0 bridgehead atoms. The van der Waals surface area contributed by atoms with E-state index in [2.05, 4.69) is 5.92 Å². The number of terminal acetylenes is 1. The van der Waals surface area contributed by atoms with Crippen LogP contribution in [0, 0.1) is 12.3 Å². The van der Waals surface area contributed by atoms with Crippen LogP contribution in [0.1, 0.15) is 6.42 Å². The third-order valence-corrected chi connectivity index (χ3v) is 2.68. The van der Waals surface area contributed by atoms with E-state index in [-0.39, 0.29) is 25.5 Å². The second kappa shape index (κ2) is 8.08. The molecule has 0 saturated heterocycles. The molecule has 0 atom stereocenters. The van der Waals surface area contributed by atoms with Crippen molar-refractivity contribution >= 4 is 23.5 Å². The second-order valence-corrected chi connectivity index (χ2v) is 4.28. The molecule has 0 aliphatic carbocycles. The van der Waals surface area contributed by atoms with Crippen molar-refractivity contribution in [1.29, 1.82) is 0 Å². The first-order valence-electron chi connectivity index (χ1n) is 5.85. The summed E-state index contributed by atoms with van der Waals surface area (Å²) in [6, 6.07) is 6.89. The van der Waals surface area contributed by atoms with Gasteiger partial charge in [-0.15, -0.1) is 6.42 Å². The molecule has 1 N–H and O–H groups in total. The third kappa shape index (κ3) is 5.21. The number of carbonyl (C=O) groups excluding carboxylic acids is 1. The van der Waals surface area contributed by atoms with Crippen molar-refractivity contribution in [2.45, 2.75) is 6.42 Å². The molecule has 0 fully saturated rings. The number of amides is 1. The van der Waals surface area contributed by atoms with Gasteiger partial charge in [0.2, 0.25) is 5.91 Å². The summed E-state index contributed by atoms with van der Waals surface area (Å²) in [5.41, 5.74) is 0. The highest BCUT2D eigenvalue weighted by Gasteiger charge is 2.15. The molecule has 20 heavy (non-hydrogen) atoms. The van der Waals surface area contributed by atoms with Gasteiger partial charge in [-0.3, -0.25) is 9.59 Å². The van der Waals surface area contributed by atoms with Crippen LogP contribution in [0.25, 0.3) is 0 Å². The van der Waals surface area contributed by atoms with Crippen molar-refractivity contribution in [1.82, 2.24) is 4.90 Å². The molecule has 0 aliphatic rings. The number of carbonyl (C=O) groups is 2. The summed E-state index contributed by atoms with van der Waals surface area (Å²) in [5.74, 6) is 1.24. The second-order valence-electron chi connectivity index (χ2n) is 3.88. The standard InChI is InChI=1S/C14H14ClNO4/c1-2-8-16(10-14(18)19)13(17)7-9-20-12-6-4-3-5-11(12)15/h1,3-6H,7-10H2,(H,18,19). The number of hydrogen-bond donors (Lipinski definition) is 1. The van der Waals surface area contributed by atoms with Gasteiger partial charge in [0.1, 0.15) is 12.3 Å². The van der Waals surface area contributed by atoms with E-state index < -0.39 is 12.5 Å². The monoisotopic (exact) mass is 295 g/mol. The van der Waals surface area contributed by atoms with E-state index in [4.69, 9.17) is 27.9 Å². The Morgan fingerprint density at radius 2 is 2.10 bits per heavy atom. The van der Waals surface area contributed by atoms with E-state index in [1.165, 1.54) is 0 Å². The molecule has 5 nitrogen and oxygen atoms in total. The van der Waals surface area contributed by atoms with Crippen molar-refractivity contribution in [3.8, 4) is 18.1 Å². The predicted octanol–water partition coefficient (Wildman–Crippen LogP) is 1.66. The molecule has 1 rings (SSSR count). The van der Waals surface area contributed by atoms with E-state index >= 15 is 0 Å². The molecule has 0 aromatic heterocycles. The van der Waals surface area contributed by atoms with Crippen LogP contribution in [-0.4, -0.2) is 41.6 Å². The number of rotatable bonds is 7.